The number of carbonyl (C=O) groups is 2. The van der Waals surface area contributed by atoms with Crippen molar-refractivity contribution in [2.24, 2.45) is 17.3 Å². The number of unbranched alkanes of at least 4 members (excludes halogenated alkanes) is 18. The lowest BCUT2D eigenvalue weighted by Crippen LogP contribution is -2.48. The zero-order chi connectivity index (χ0) is 26.9. The fourth-order valence-electron chi connectivity index (χ4n) is 6.45. The molecule has 0 bridgehead atoms. The van der Waals surface area contributed by atoms with Crippen LogP contribution in [-0.4, -0.2) is 28.3 Å². The standard InChI is InChI=1S/C32H56O5/c1-3-5-7-9-11-13-15-17-19-21-23-26-28(30(33)34)32(31(35)36,25-27-29(26)37-27)24-22-20-18-16-14-12-10-8-6-4-2/h25-26,28-29H,3-24H2,1-2H3,(H,33,34)(H,35,36). The van der Waals surface area contributed by atoms with Gasteiger partial charge in [-0.1, -0.05) is 142 Å². The number of ether oxygens (including phenoxy) is 1. The minimum Gasteiger partial charge on any atom is -0.483 e. The molecule has 4 unspecified atom stereocenters. The Morgan fingerprint density at radius 3 is 1.57 bits per heavy atom. The second kappa shape index (κ2) is 17.9. The first-order valence-corrected chi connectivity index (χ1v) is 15.8. The molecular formula is C32H56O5. The Morgan fingerprint density at radius 1 is 0.703 bits per heavy atom. The van der Waals surface area contributed by atoms with Gasteiger partial charge in [0.1, 0.15) is 11.2 Å². The van der Waals surface area contributed by atoms with E-state index in [9.17, 15) is 19.8 Å². The molecule has 5 heteroatoms. The molecule has 0 radical (unpaired) electrons. The number of fused-ring (bicyclic) bond motifs is 1. The lowest BCUT2D eigenvalue weighted by Gasteiger charge is -2.37. The largest absolute Gasteiger partial charge is 0.483 e. The highest BCUT2D eigenvalue weighted by Gasteiger charge is 2.62. The quantitative estimate of drug-likeness (QED) is 0.0978. The molecule has 1 fully saturated rings. The third kappa shape index (κ3) is 10.6. The Labute approximate surface area is 226 Å². The van der Waals surface area contributed by atoms with E-state index in [4.69, 9.17) is 4.74 Å². The number of carboxylic acids is 2. The Bertz CT molecular complexity index is 687. The molecule has 2 N–H and O–H groups in total. The first-order valence-electron chi connectivity index (χ1n) is 15.8. The Kier molecular flexibility index (Phi) is 15.3. The van der Waals surface area contributed by atoms with Gasteiger partial charge in [-0.2, -0.15) is 0 Å². The summed E-state index contributed by atoms with van der Waals surface area (Å²) in [5.74, 6) is -2.38. The van der Waals surface area contributed by atoms with E-state index < -0.39 is 23.3 Å². The van der Waals surface area contributed by atoms with E-state index >= 15 is 0 Å². The van der Waals surface area contributed by atoms with Crippen LogP contribution in [0.2, 0.25) is 0 Å². The topological polar surface area (TPSA) is 87.1 Å². The summed E-state index contributed by atoms with van der Waals surface area (Å²) in [5.41, 5.74) is -1.34. The van der Waals surface area contributed by atoms with Crippen molar-refractivity contribution in [3.8, 4) is 0 Å². The molecule has 1 heterocycles. The van der Waals surface area contributed by atoms with Crippen molar-refractivity contribution in [2.45, 2.75) is 161 Å². The molecule has 0 saturated carbocycles. The molecule has 5 nitrogen and oxygen atoms in total. The SMILES string of the molecule is CCCCCCCCCCCCC1C2OC2=CC(CCCCCCCCCCCC)(C(=O)O)C1C(=O)O. The van der Waals surface area contributed by atoms with Gasteiger partial charge in [-0.25, -0.2) is 0 Å². The number of carboxylic acid groups (broad SMARTS) is 2. The molecule has 0 spiro atoms. The van der Waals surface area contributed by atoms with E-state index in [-0.39, 0.29) is 12.0 Å². The van der Waals surface area contributed by atoms with Crippen LogP contribution in [0.4, 0.5) is 0 Å². The normalized spacial score (nSPS) is 24.3. The maximum atomic E-state index is 12.6. The number of hydrogen-bond acceptors (Lipinski definition) is 3. The van der Waals surface area contributed by atoms with Crippen LogP contribution in [0, 0.1) is 17.3 Å². The lowest BCUT2D eigenvalue weighted by atomic mass is 9.61. The average Bonchev–Trinajstić information content (AvgIpc) is 3.65. The number of aliphatic carboxylic acids is 2. The molecule has 0 aromatic heterocycles. The molecule has 214 valence electrons. The highest BCUT2D eigenvalue weighted by Crippen LogP contribution is 2.55. The minimum atomic E-state index is -1.34. The van der Waals surface area contributed by atoms with Crippen LogP contribution in [0.15, 0.2) is 11.8 Å². The predicted molar refractivity (Wildman–Crippen MR) is 151 cm³/mol. The van der Waals surface area contributed by atoms with Gasteiger partial charge in [0, 0.05) is 5.92 Å². The maximum absolute atomic E-state index is 12.6. The van der Waals surface area contributed by atoms with Gasteiger partial charge in [0.15, 0.2) is 6.10 Å². The molecule has 0 aromatic rings. The first-order chi connectivity index (χ1) is 18.0. The summed E-state index contributed by atoms with van der Waals surface area (Å²) in [5, 5.41) is 20.5. The molecule has 37 heavy (non-hydrogen) atoms. The second-order valence-electron chi connectivity index (χ2n) is 11.8. The summed E-state index contributed by atoms with van der Waals surface area (Å²) in [6.45, 7) is 4.47. The highest BCUT2D eigenvalue weighted by molar-refractivity contribution is 5.86. The fraction of sp³-hybridized carbons (Fsp3) is 0.875. The summed E-state index contributed by atoms with van der Waals surface area (Å²) in [4.78, 5) is 25.0. The van der Waals surface area contributed by atoms with Gasteiger partial charge in [0.2, 0.25) is 0 Å². The van der Waals surface area contributed by atoms with E-state index in [1.54, 1.807) is 6.08 Å². The average molecular weight is 521 g/mol. The van der Waals surface area contributed by atoms with Crippen LogP contribution in [0.25, 0.3) is 0 Å². The van der Waals surface area contributed by atoms with Crippen LogP contribution in [0.5, 0.6) is 0 Å². The zero-order valence-electron chi connectivity index (χ0n) is 24.0. The van der Waals surface area contributed by atoms with Crippen LogP contribution < -0.4 is 0 Å². The fourth-order valence-corrected chi connectivity index (χ4v) is 6.45. The van der Waals surface area contributed by atoms with Crippen LogP contribution in [0.3, 0.4) is 0 Å². The van der Waals surface area contributed by atoms with Gasteiger partial charge in [0.25, 0.3) is 0 Å². The second-order valence-corrected chi connectivity index (χ2v) is 11.8. The molecule has 1 aliphatic carbocycles. The molecular weight excluding hydrogens is 464 g/mol. The Morgan fingerprint density at radius 2 is 1.14 bits per heavy atom. The maximum Gasteiger partial charge on any atom is 0.314 e. The van der Waals surface area contributed by atoms with Crippen LogP contribution in [-0.2, 0) is 14.3 Å². The third-order valence-corrected chi connectivity index (χ3v) is 8.76. The van der Waals surface area contributed by atoms with Gasteiger partial charge in [-0.15, -0.1) is 0 Å². The van der Waals surface area contributed by atoms with E-state index in [1.807, 2.05) is 0 Å². The van der Waals surface area contributed by atoms with Gasteiger partial charge in [-0.3, -0.25) is 9.59 Å². The molecule has 2 aliphatic rings. The van der Waals surface area contributed by atoms with Gasteiger partial charge in [-0.05, 0) is 18.9 Å². The van der Waals surface area contributed by atoms with Gasteiger partial charge < -0.3 is 14.9 Å². The summed E-state index contributed by atoms with van der Waals surface area (Å²) in [6, 6.07) is 0. The summed E-state index contributed by atoms with van der Waals surface area (Å²) in [6.07, 6.45) is 26.7. The molecule has 4 atom stereocenters. The molecule has 0 amide bonds. The van der Waals surface area contributed by atoms with Crippen molar-refractivity contribution < 1.29 is 24.5 Å². The molecule has 2 rings (SSSR count). The monoisotopic (exact) mass is 520 g/mol. The molecule has 0 aromatic carbocycles. The van der Waals surface area contributed by atoms with Gasteiger partial charge >= 0.3 is 11.9 Å². The molecule has 1 aliphatic heterocycles. The van der Waals surface area contributed by atoms with Crippen molar-refractivity contribution in [3.63, 3.8) is 0 Å². The van der Waals surface area contributed by atoms with Crippen molar-refractivity contribution in [1.29, 1.82) is 0 Å². The van der Waals surface area contributed by atoms with Crippen molar-refractivity contribution in [3.05, 3.63) is 11.8 Å². The first kappa shape index (κ1) is 31.7. The Hall–Kier alpha value is -1.52. The van der Waals surface area contributed by atoms with E-state index in [0.717, 1.165) is 44.3 Å². The Balaban J connectivity index is 1.78. The number of hydrogen-bond donors (Lipinski definition) is 2. The van der Waals surface area contributed by atoms with E-state index in [1.165, 1.54) is 96.3 Å². The van der Waals surface area contributed by atoms with Crippen LogP contribution >= 0.6 is 0 Å². The molecule has 1 saturated heterocycles. The number of rotatable bonds is 24. The summed E-state index contributed by atoms with van der Waals surface area (Å²) in [7, 11) is 0. The van der Waals surface area contributed by atoms with Crippen molar-refractivity contribution >= 4 is 11.9 Å². The van der Waals surface area contributed by atoms with Crippen molar-refractivity contribution in [2.75, 3.05) is 0 Å². The van der Waals surface area contributed by atoms with E-state index in [2.05, 4.69) is 13.8 Å². The highest BCUT2D eigenvalue weighted by atomic mass is 16.6. The minimum absolute atomic E-state index is 0.181. The predicted octanol–water partition coefficient (Wildman–Crippen LogP) is 9.29. The van der Waals surface area contributed by atoms with Crippen LogP contribution in [0.1, 0.15) is 155 Å². The number of epoxide rings is 1. The third-order valence-electron chi connectivity index (χ3n) is 8.76. The smallest absolute Gasteiger partial charge is 0.314 e. The summed E-state index contributed by atoms with van der Waals surface area (Å²) < 4.78 is 5.75. The lowest BCUT2D eigenvalue weighted by molar-refractivity contribution is -0.163. The zero-order valence-corrected chi connectivity index (χ0v) is 24.0. The van der Waals surface area contributed by atoms with Gasteiger partial charge in [0.05, 0.1) is 5.92 Å². The van der Waals surface area contributed by atoms with Crippen molar-refractivity contribution in [1.82, 2.24) is 0 Å². The van der Waals surface area contributed by atoms with E-state index in [0.29, 0.717) is 6.42 Å². The summed E-state index contributed by atoms with van der Waals surface area (Å²) >= 11 is 0.